The minimum absolute atomic E-state index is 0.0365. The Bertz CT molecular complexity index is 1010. The first-order chi connectivity index (χ1) is 14.4. The quantitative estimate of drug-likeness (QED) is 0.761. The molecular formula is C22H24FNO5S. The van der Waals surface area contributed by atoms with Gasteiger partial charge in [0.2, 0.25) is 10.0 Å². The molecule has 1 saturated carbocycles. The number of piperidine rings is 1. The number of benzene rings is 2. The number of fused-ring (bicyclic) bond motifs is 1. The highest BCUT2D eigenvalue weighted by molar-refractivity contribution is 7.89. The van der Waals surface area contributed by atoms with Crippen LogP contribution in [0.2, 0.25) is 0 Å². The van der Waals surface area contributed by atoms with Crippen molar-refractivity contribution >= 4 is 16.0 Å². The predicted molar refractivity (Wildman–Crippen MR) is 108 cm³/mol. The largest absolute Gasteiger partial charge is 0.480 e. The van der Waals surface area contributed by atoms with E-state index < -0.39 is 22.0 Å². The van der Waals surface area contributed by atoms with Crippen LogP contribution in [0.1, 0.15) is 32.1 Å². The van der Waals surface area contributed by atoms with E-state index in [1.165, 1.54) is 48.5 Å². The van der Waals surface area contributed by atoms with Gasteiger partial charge in [-0.05, 0) is 73.2 Å². The number of sulfonamides is 1. The molecule has 1 aliphatic carbocycles. The summed E-state index contributed by atoms with van der Waals surface area (Å²) >= 11 is 0. The normalized spacial score (nSPS) is 24.8. The lowest BCUT2D eigenvalue weighted by Gasteiger charge is -2.44. The highest BCUT2D eigenvalue weighted by atomic mass is 32.2. The second-order valence-corrected chi connectivity index (χ2v) is 9.81. The van der Waals surface area contributed by atoms with Gasteiger partial charge >= 0.3 is 5.97 Å². The van der Waals surface area contributed by atoms with Crippen molar-refractivity contribution in [2.45, 2.75) is 43.0 Å². The fourth-order valence-electron chi connectivity index (χ4n) is 4.69. The summed E-state index contributed by atoms with van der Waals surface area (Å²) in [6, 6.07) is 10.3. The zero-order chi connectivity index (χ0) is 21.3. The third-order valence-corrected chi connectivity index (χ3v) is 8.03. The molecule has 3 atom stereocenters. The number of ether oxygens (including phenoxy) is 1. The van der Waals surface area contributed by atoms with Crippen LogP contribution in [-0.4, -0.2) is 36.4 Å². The van der Waals surface area contributed by atoms with Crippen LogP contribution in [0.4, 0.5) is 4.39 Å². The summed E-state index contributed by atoms with van der Waals surface area (Å²) < 4.78 is 46.3. The SMILES string of the molecule is O=C(O)C1C2CCCCC2CCN1S(=O)(=O)c1ccc(Oc2ccc(F)cc2)cc1. The zero-order valence-corrected chi connectivity index (χ0v) is 17.2. The summed E-state index contributed by atoms with van der Waals surface area (Å²) in [5.41, 5.74) is 0. The Hall–Kier alpha value is -2.45. The van der Waals surface area contributed by atoms with Crippen molar-refractivity contribution in [1.29, 1.82) is 0 Å². The number of halogens is 1. The van der Waals surface area contributed by atoms with Gasteiger partial charge in [-0.3, -0.25) is 4.79 Å². The fraction of sp³-hybridized carbons (Fsp3) is 0.409. The van der Waals surface area contributed by atoms with Crippen LogP contribution in [-0.2, 0) is 14.8 Å². The Kier molecular flexibility index (Phi) is 5.79. The van der Waals surface area contributed by atoms with Gasteiger partial charge in [-0.1, -0.05) is 19.3 Å². The van der Waals surface area contributed by atoms with Crippen molar-refractivity contribution in [3.8, 4) is 11.5 Å². The number of hydrogen-bond acceptors (Lipinski definition) is 4. The first-order valence-electron chi connectivity index (χ1n) is 10.1. The topological polar surface area (TPSA) is 83.9 Å². The van der Waals surface area contributed by atoms with Crippen molar-refractivity contribution in [3.63, 3.8) is 0 Å². The van der Waals surface area contributed by atoms with Gasteiger partial charge in [0.15, 0.2) is 0 Å². The summed E-state index contributed by atoms with van der Waals surface area (Å²) in [5.74, 6) is -0.484. The van der Waals surface area contributed by atoms with E-state index in [0.717, 1.165) is 30.0 Å². The Morgan fingerprint density at radius 1 is 0.967 bits per heavy atom. The average Bonchev–Trinajstić information content (AvgIpc) is 2.74. The highest BCUT2D eigenvalue weighted by Gasteiger charge is 2.47. The smallest absolute Gasteiger partial charge is 0.322 e. The molecule has 2 aromatic carbocycles. The molecule has 2 fully saturated rings. The summed E-state index contributed by atoms with van der Waals surface area (Å²) in [5, 5.41) is 9.83. The number of carboxylic acids is 1. The standard InChI is InChI=1S/C22H24FNO5S/c23-16-5-7-17(8-6-16)29-18-9-11-19(12-10-18)30(27,28)24-14-13-15-3-1-2-4-20(15)21(24)22(25)26/h5-12,15,20-21H,1-4,13-14H2,(H,25,26). The molecule has 0 bridgehead atoms. The Morgan fingerprint density at radius 3 is 2.20 bits per heavy atom. The van der Waals surface area contributed by atoms with E-state index in [1.807, 2.05) is 0 Å². The number of rotatable bonds is 5. The van der Waals surface area contributed by atoms with Crippen molar-refractivity contribution in [1.82, 2.24) is 4.31 Å². The van der Waals surface area contributed by atoms with Gasteiger partial charge in [0.05, 0.1) is 4.90 Å². The number of aliphatic carboxylic acids is 1. The minimum Gasteiger partial charge on any atom is -0.480 e. The van der Waals surface area contributed by atoms with Gasteiger partial charge in [0.1, 0.15) is 23.4 Å². The molecule has 1 saturated heterocycles. The predicted octanol–water partition coefficient (Wildman–Crippen LogP) is 4.27. The third kappa shape index (κ3) is 4.06. The lowest BCUT2D eigenvalue weighted by Crippen LogP contribution is -2.55. The molecule has 2 aliphatic rings. The molecule has 0 spiro atoms. The number of carbonyl (C=O) groups is 1. The van der Waals surface area contributed by atoms with Crippen LogP contribution in [0.3, 0.4) is 0 Å². The Balaban J connectivity index is 1.56. The van der Waals surface area contributed by atoms with Crippen molar-refractivity contribution < 1.29 is 27.4 Å². The molecule has 0 amide bonds. The van der Waals surface area contributed by atoms with Gasteiger partial charge in [-0.2, -0.15) is 4.31 Å². The second kappa shape index (κ2) is 8.35. The zero-order valence-electron chi connectivity index (χ0n) is 16.4. The maximum atomic E-state index is 13.3. The molecule has 160 valence electrons. The van der Waals surface area contributed by atoms with Crippen molar-refractivity contribution in [2.75, 3.05) is 6.54 Å². The van der Waals surface area contributed by atoms with Crippen LogP contribution < -0.4 is 4.74 Å². The lowest BCUT2D eigenvalue weighted by atomic mass is 9.71. The Morgan fingerprint density at radius 2 is 1.57 bits per heavy atom. The lowest BCUT2D eigenvalue weighted by molar-refractivity contribution is -0.146. The van der Waals surface area contributed by atoms with E-state index in [-0.39, 0.29) is 29.1 Å². The molecule has 6 nitrogen and oxygen atoms in total. The van der Waals surface area contributed by atoms with Crippen molar-refractivity contribution in [3.05, 3.63) is 54.3 Å². The monoisotopic (exact) mass is 433 g/mol. The third-order valence-electron chi connectivity index (χ3n) is 6.14. The van der Waals surface area contributed by atoms with E-state index in [2.05, 4.69) is 0 Å². The van der Waals surface area contributed by atoms with Gasteiger partial charge in [0.25, 0.3) is 0 Å². The van der Waals surface area contributed by atoms with E-state index >= 15 is 0 Å². The molecule has 3 unspecified atom stereocenters. The molecule has 8 heteroatoms. The van der Waals surface area contributed by atoms with Gasteiger partial charge in [-0.15, -0.1) is 0 Å². The maximum absolute atomic E-state index is 13.3. The molecule has 0 aromatic heterocycles. The number of nitrogens with zero attached hydrogens (tertiary/aromatic N) is 1. The van der Waals surface area contributed by atoms with Crippen molar-refractivity contribution in [2.24, 2.45) is 11.8 Å². The fourth-order valence-corrected chi connectivity index (χ4v) is 6.33. The van der Waals surface area contributed by atoms with Crippen LogP contribution in [0.15, 0.2) is 53.4 Å². The Labute approximate surface area is 175 Å². The molecular weight excluding hydrogens is 409 g/mol. The average molecular weight is 434 g/mol. The molecule has 0 radical (unpaired) electrons. The molecule has 1 N–H and O–H groups in total. The summed E-state index contributed by atoms with van der Waals surface area (Å²) in [7, 11) is -3.95. The van der Waals surface area contributed by atoms with E-state index in [0.29, 0.717) is 17.9 Å². The van der Waals surface area contributed by atoms with Crippen LogP contribution >= 0.6 is 0 Å². The van der Waals surface area contributed by atoms with E-state index in [4.69, 9.17) is 4.74 Å². The van der Waals surface area contributed by atoms with Crippen LogP contribution in [0.25, 0.3) is 0 Å². The minimum atomic E-state index is -3.95. The van der Waals surface area contributed by atoms with Gasteiger partial charge in [-0.25, -0.2) is 12.8 Å². The first kappa shape index (κ1) is 20.8. The second-order valence-electron chi connectivity index (χ2n) is 7.92. The van der Waals surface area contributed by atoms with Gasteiger partial charge < -0.3 is 9.84 Å². The summed E-state index contributed by atoms with van der Waals surface area (Å²) in [4.78, 5) is 12.1. The molecule has 4 rings (SSSR count). The number of carboxylic acid groups (broad SMARTS) is 1. The summed E-state index contributed by atoms with van der Waals surface area (Å²) in [6.07, 6.45) is 4.43. The highest BCUT2D eigenvalue weighted by Crippen LogP contribution is 2.42. The van der Waals surface area contributed by atoms with Crippen LogP contribution in [0, 0.1) is 17.7 Å². The van der Waals surface area contributed by atoms with E-state index in [1.54, 1.807) is 0 Å². The molecule has 1 heterocycles. The molecule has 1 aliphatic heterocycles. The number of hydrogen-bond donors (Lipinski definition) is 1. The van der Waals surface area contributed by atoms with Crippen LogP contribution in [0.5, 0.6) is 11.5 Å². The maximum Gasteiger partial charge on any atom is 0.322 e. The van der Waals surface area contributed by atoms with Gasteiger partial charge in [0, 0.05) is 6.54 Å². The molecule has 2 aromatic rings. The van der Waals surface area contributed by atoms with E-state index in [9.17, 15) is 22.7 Å². The first-order valence-corrected chi connectivity index (χ1v) is 11.6. The molecule has 30 heavy (non-hydrogen) atoms. The summed E-state index contributed by atoms with van der Waals surface area (Å²) in [6.45, 7) is 0.217.